The topological polar surface area (TPSA) is 90.7 Å². The third-order valence-electron chi connectivity index (χ3n) is 4.38. The number of carbonyl (C=O) groups excluding carboxylic acids is 1. The van der Waals surface area contributed by atoms with Crippen molar-refractivity contribution in [2.24, 2.45) is 0 Å². The van der Waals surface area contributed by atoms with E-state index in [2.05, 4.69) is 26.9 Å². The van der Waals surface area contributed by atoms with Crippen molar-refractivity contribution in [2.45, 2.75) is 30.1 Å². The number of amides is 1. The summed E-state index contributed by atoms with van der Waals surface area (Å²) in [5, 5.41) is 24.8. The first-order valence-electron chi connectivity index (χ1n) is 8.91. The van der Waals surface area contributed by atoms with E-state index in [0.29, 0.717) is 26.6 Å². The van der Waals surface area contributed by atoms with Crippen LogP contribution in [0.3, 0.4) is 0 Å². The molecule has 3 aromatic rings. The van der Waals surface area contributed by atoms with E-state index < -0.39 is 0 Å². The molecule has 4 rings (SSSR count). The highest BCUT2D eigenvalue weighted by molar-refractivity contribution is 8.01. The predicted octanol–water partition coefficient (Wildman–Crippen LogP) is 4.44. The van der Waals surface area contributed by atoms with Crippen molar-refractivity contribution in [2.75, 3.05) is 16.4 Å². The maximum Gasteiger partial charge on any atom is 0.235 e. The third kappa shape index (κ3) is 4.75. The number of hydrogen-bond acceptors (Lipinski definition) is 8. The SMILES string of the molecule is N#Cc1c(NC(=O)CSc2nnc(NCc3ccc(F)cc3)s2)sc2c1CCC2. The molecule has 0 saturated carbocycles. The second-order valence-electron chi connectivity index (χ2n) is 6.36. The smallest absolute Gasteiger partial charge is 0.235 e. The summed E-state index contributed by atoms with van der Waals surface area (Å²) < 4.78 is 13.6. The summed E-state index contributed by atoms with van der Waals surface area (Å²) in [6, 6.07) is 8.47. The van der Waals surface area contributed by atoms with Crippen molar-refractivity contribution >= 4 is 50.5 Å². The molecule has 29 heavy (non-hydrogen) atoms. The van der Waals surface area contributed by atoms with Crippen LogP contribution in [-0.2, 0) is 24.2 Å². The van der Waals surface area contributed by atoms with E-state index in [1.165, 1.54) is 51.4 Å². The van der Waals surface area contributed by atoms with Crippen molar-refractivity contribution in [3.05, 3.63) is 51.7 Å². The first-order valence-corrected chi connectivity index (χ1v) is 11.5. The standard InChI is InChI=1S/C19H16FN5OS3/c20-12-6-4-11(5-7-12)9-22-18-24-25-19(29-18)27-10-16(26)23-17-14(8-21)13-2-1-3-15(13)28-17/h4-7H,1-3,9-10H2,(H,22,24)(H,23,26). The number of nitrogens with one attached hydrogen (secondary N) is 2. The zero-order valence-electron chi connectivity index (χ0n) is 15.2. The van der Waals surface area contributed by atoms with Crippen LogP contribution in [-0.4, -0.2) is 21.9 Å². The Bertz CT molecular complexity index is 1070. The van der Waals surface area contributed by atoms with Crippen molar-refractivity contribution in [1.29, 1.82) is 5.26 Å². The Morgan fingerprint density at radius 2 is 2.07 bits per heavy atom. The molecule has 1 aromatic carbocycles. The molecule has 0 aliphatic heterocycles. The van der Waals surface area contributed by atoms with Gasteiger partial charge in [-0.05, 0) is 42.5 Å². The van der Waals surface area contributed by atoms with Gasteiger partial charge in [-0.2, -0.15) is 5.26 Å². The van der Waals surface area contributed by atoms with Crippen molar-refractivity contribution in [3.63, 3.8) is 0 Å². The molecule has 0 atom stereocenters. The third-order valence-corrected chi connectivity index (χ3v) is 7.60. The predicted molar refractivity (Wildman–Crippen MR) is 114 cm³/mol. The van der Waals surface area contributed by atoms with E-state index in [4.69, 9.17) is 0 Å². The average molecular weight is 446 g/mol. The minimum absolute atomic E-state index is 0.164. The van der Waals surface area contributed by atoms with Gasteiger partial charge in [0.2, 0.25) is 11.0 Å². The highest BCUT2D eigenvalue weighted by Gasteiger charge is 2.23. The fourth-order valence-electron chi connectivity index (χ4n) is 3.02. The molecule has 1 aliphatic rings. The highest BCUT2D eigenvalue weighted by atomic mass is 32.2. The lowest BCUT2D eigenvalue weighted by molar-refractivity contribution is -0.113. The van der Waals surface area contributed by atoms with Crippen LogP contribution in [0, 0.1) is 17.1 Å². The number of thiophene rings is 1. The maximum absolute atomic E-state index is 12.9. The molecule has 148 valence electrons. The summed E-state index contributed by atoms with van der Waals surface area (Å²) in [7, 11) is 0. The van der Waals surface area contributed by atoms with E-state index in [1.807, 2.05) is 0 Å². The summed E-state index contributed by atoms with van der Waals surface area (Å²) in [4.78, 5) is 13.5. The number of halogens is 1. The number of nitrogens with zero attached hydrogens (tertiary/aromatic N) is 3. The van der Waals surface area contributed by atoms with E-state index >= 15 is 0 Å². The number of hydrogen-bond donors (Lipinski definition) is 2. The van der Waals surface area contributed by atoms with Crippen LogP contribution in [0.15, 0.2) is 28.6 Å². The molecule has 10 heteroatoms. The molecule has 2 N–H and O–H groups in total. The molecule has 1 amide bonds. The quantitative estimate of drug-likeness (QED) is 0.523. The molecule has 0 fully saturated rings. The fraction of sp³-hybridized carbons (Fsp3) is 0.263. The number of nitriles is 1. The van der Waals surface area contributed by atoms with Crippen LogP contribution >= 0.6 is 34.4 Å². The van der Waals surface area contributed by atoms with E-state index in [9.17, 15) is 14.4 Å². The van der Waals surface area contributed by atoms with Crippen molar-refractivity contribution in [1.82, 2.24) is 10.2 Å². The van der Waals surface area contributed by atoms with Gasteiger partial charge in [0.25, 0.3) is 0 Å². The summed E-state index contributed by atoms with van der Waals surface area (Å²) in [6.07, 6.45) is 2.98. The van der Waals surface area contributed by atoms with Crippen LogP contribution in [0.2, 0.25) is 0 Å². The largest absolute Gasteiger partial charge is 0.356 e. The Morgan fingerprint density at radius 1 is 1.24 bits per heavy atom. The Hall–Kier alpha value is -2.48. The van der Waals surface area contributed by atoms with E-state index in [-0.39, 0.29) is 17.5 Å². The molecule has 0 radical (unpaired) electrons. The molecule has 0 spiro atoms. The minimum Gasteiger partial charge on any atom is -0.356 e. The maximum atomic E-state index is 12.9. The summed E-state index contributed by atoms with van der Waals surface area (Å²) >= 11 is 4.17. The summed E-state index contributed by atoms with van der Waals surface area (Å²) in [5.41, 5.74) is 2.65. The van der Waals surface area contributed by atoms with Gasteiger partial charge < -0.3 is 10.6 Å². The average Bonchev–Trinajstić information content (AvgIpc) is 3.42. The Morgan fingerprint density at radius 3 is 2.86 bits per heavy atom. The summed E-state index contributed by atoms with van der Waals surface area (Å²) in [5.74, 6) is -0.238. The van der Waals surface area contributed by atoms with Crippen LogP contribution in [0.4, 0.5) is 14.5 Å². The first-order chi connectivity index (χ1) is 14.1. The van der Waals surface area contributed by atoms with E-state index in [1.54, 1.807) is 12.1 Å². The molecule has 6 nitrogen and oxygen atoms in total. The second kappa shape index (κ2) is 8.90. The lowest BCUT2D eigenvalue weighted by atomic mass is 10.1. The second-order valence-corrected chi connectivity index (χ2v) is 9.67. The number of rotatable bonds is 7. The zero-order valence-corrected chi connectivity index (χ0v) is 17.6. The van der Waals surface area contributed by atoms with Gasteiger partial charge in [-0.1, -0.05) is 35.2 Å². The minimum atomic E-state index is -0.268. The van der Waals surface area contributed by atoms with Crippen LogP contribution in [0.5, 0.6) is 0 Å². The first kappa shape index (κ1) is 19.8. The lowest BCUT2D eigenvalue weighted by Crippen LogP contribution is -2.13. The molecular formula is C19H16FN5OS3. The molecule has 0 unspecified atom stereocenters. The molecule has 0 saturated heterocycles. The van der Waals surface area contributed by atoms with Gasteiger partial charge >= 0.3 is 0 Å². The van der Waals surface area contributed by atoms with Crippen LogP contribution in [0.25, 0.3) is 0 Å². The number of carbonyl (C=O) groups is 1. The Balaban J connectivity index is 1.28. The lowest BCUT2D eigenvalue weighted by Gasteiger charge is -2.03. The number of anilines is 2. The highest BCUT2D eigenvalue weighted by Crippen LogP contribution is 2.38. The Kier molecular flexibility index (Phi) is 6.08. The Labute approximate surface area is 179 Å². The van der Waals surface area contributed by atoms with Crippen molar-refractivity contribution < 1.29 is 9.18 Å². The number of aryl methyl sites for hydroxylation is 1. The normalized spacial score (nSPS) is 12.4. The fourth-order valence-corrected chi connectivity index (χ4v) is 5.82. The molecule has 2 heterocycles. The number of aromatic nitrogens is 2. The number of benzene rings is 1. The molecule has 0 bridgehead atoms. The monoisotopic (exact) mass is 445 g/mol. The van der Waals surface area contributed by atoms with Gasteiger partial charge in [0, 0.05) is 11.4 Å². The molecule has 1 aliphatic carbocycles. The van der Waals surface area contributed by atoms with Gasteiger partial charge in [-0.25, -0.2) is 4.39 Å². The van der Waals surface area contributed by atoms with E-state index in [0.717, 1.165) is 30.4 Å². The number of fused-ring (bicyclic) bond motifs is 1. The zero-order chi connectivity index (χ0) is 20.2. The van der Waals surface area contributed by atoms with Crippen LogP contribution < -0.4 is 10.6 Å². The molecule has 2 aromatic heterocycles. The van der Waals surface area contributed by atoms with Gasteiger partial charge in [-0.3, -0.25) is 4.79 Å². The van der Waals surface area contributed by atoms with Gasteiger partial charge in [0.15, 0.2) is 4.34 Å². The molecular weight excluding hydrogens is 429 g/mol. The summed E-state index contributed by atoms with van der Waals surface area (Å²) in [6.45, 7) is 0.514. The van der Waals surface area contributed by atoms with Crippen LogP contribution in [0.1, 0.15) is 28.0 Å². The number of thioether (sulfide) groups is 1. The van der Waals surface area contributed by atoms with Gasteiger partial charge in [0.1, 0.15) is 16.9 Å². The van der Waals surface area contributed by atoms with Crippen molar-refractivity contribution in [3.8, 4) is 6.07 Å². The van der Waals surface area contributed by atoms with Gasteiger partial charge in [0.05, 0.1) is 11.3 Å². The van der Waals surface area contributed by atoms with Gasteiger partial charge in [-0.15, -0.1) is 21.5 Å².